The number of hydrogen-bond acceptors (Lipinski definition) is 3. The van der Waals surface area contributed by atoms with E-state index in [1.807, 2.05) is 18.2 Å². The normalized spacial score (nSPS) is 10.9. The van der Waals surface area contributed by atoms with E-state index in [2.05, 4.69) is 34.5 Å². The second-order valence-corrected chi connectivity index (χ2v) is 4.99. The van der Waals surface area contributed by atoms with Gasteiger partial charge in [0.05, 0.1) is 5.88 Å². The lowest BCUT2D eigenvalue weighted by molar-refractivity contribution is 1.04. The number of benzene rings is 2. The summed E-state index contributed by atoms with van der Waals surface area (Å²) in [6.45, 7) is 0. The molecule has 0 radical (unpaired) electrons. The van der Waals surface area contributed by atoms with Crippen LogP contribution in [-0.2, 0) is 5.88 Å². The molecule has 0 saturated heterocycles. The van der Waals surface area contributed by atoms with Gasteiger partial charge in [0.2, 0.25) is 0 Å². The van der Waals surface area contributed by atoms with Crippen molar-refractivity contribution in [2.75, 3.05) is 0 Å². The molecule has 0 amide bonds. The number of alkyl halides is 1. The monoisotopic (exact) mass is 260 g/mol. The van der Waals surface area contributed by atoms with E-state index in [9.17, 15) is 0 Å². The van der Waals surface area contributed by atoms with Crippen LogP contribution in [0.4, 0.5) is 0 Å². The first kappa shape index (κ1) is 10.7. The van der Waals surface area contributed by atoms with Crippen molar-refractivity contribution in [1.82, 2.24) is 10.2 Å². The highest BCUT2D eigenvalue weighted by molar-refractivity contribution is 7.14. The van der Waals surface area contributed by atoms with E-state index in [0.29, 0.717) is 5.88 Å². The molecule has 0 unspecified atom stereocenters. The fourth-order valence-corrected chi connectivity index (χ4v) is 2.77. The number of fused-ring (bicyclic) bond motifs is 1. The molecule has 0 bridgehead atoms. The van der Waals surface area contributed by atoms with Crippen LogP contribution in [0.2, 0.25) is 0 Å². The summed E-state index contributed by atoms with van der Waals surface area (Å²) < 4.78 is 0. The molecule has 2 aromatic carbocycles. The van der Waals surface area contributed by atoms with Gasteiger partial charge < -0.3 is 0 Å². The molecule has 1 heterocycles. The van der Waals surface area contributed by atoms with Crippen LogP contribution in [0.1, 0.15) is 5.01 Å². The molecular formula is C13H9ClN2S. The van der Waals surface area contributed by atoms with Crippen molar-refractivity contribution in [2.45, 2.75) is 5.88 Å². The van der Waals surface area contributed by atoms with Crippen LogP contribution < -0.4 is 0 Å². The molecule has 0 saturated carbocycles. The summed E-state index contributed by atoms with van der Waals surface area (Å²) in [4.78, 5) is 0. The Kier molecular flexibility index (Phi) is 2.79. The van der Waals surface area contributed by atoms with Crippen molar-refractivity contribution in [3.63, 3.8) is 0 Å². The number of hydrogen-bond donors (Lipinski definition) is 0. The first-order valence-electron chi connectivity index (χ1n) is 5.25. The zero-order valence-corrected chi connectivity index (χ0v) is 10.5. The highest BCUT2D eigenvalue weighted by atomic mass is 35.5. The van der Waals surface area contributed by atoms with E-state index in [1.165, 1.54) is 10.8 Å². The van der Waals surface area contributed by atoms with E-state index >= 15 is 0 Å². The minimum Gasteiger partial charge on any atom is -0.142 e. The van der Waals surface area contributed by atoms with Crippen LogP contribution in [0, 0.1) is 0 Å². The van der Waals surface area contributed by atoms with Crippen LogP contribution in [0.3, 0.4) is 0 Å². The van der Waals surface area contributed by atoms with E-state index < -0.39 is 0 Å². The average molecular weight is 261 g/mol. The molecule has 1 aromatic heterocycles. The molecular weight excluding hydrogens is 252 g/mol. The second-order valence-electron chi connectivity index (χ2n) is 3.66. The lowest BCUT2D eigenvalue weighted by Crippen LogP contribution is -1.80. The third-order valence-electron chi connectivity index (χ3n) is 2.60. The first-order valence-corrected chi connectivity index (χ1v) is 6.60. The Morgan fingerprint density at radius 1 is 1.00 bits per heavy atom. The Morgan fingerprint density at radius 2 is 1.82 bits per heavy atom. The highest BCUT2D eigenvalue weighted by Crippen LogP contribution is 2.30. The van der Waals surface area contributed by atoms with Crippen molar-refractivity contribution < 1.29 is 0 Å². The molecule has 0 spiro atoms. The smallest absolute Gasteiger partial charge is 0.142 e. The van der Waals surface area contributed by atoms with E-state index in [0.717, 1.165) is 15.6 Å². The van der Waals surface area contributed by atoms with Crippen molar-refractivity contribution >= 4 is 33.7 Å². The van der Waals surface area contributed by atoms with Gasteiger partial charge >= 0.3 is 0 Å². The van der Waals surface area contributed by atoms with Gasteiger partial charge in [-0.2, -0.15) is 0 Å². The second kappa shape index (κ2) is 4.43. The zero-order chi connectivity index (χ0) is 11.7. The molecule has 84 valence electrons. The van der Waals surface area contributed by atoms with Crippen LogP contribution >= 0.6 is 22.9 Å². The molecule has 17 heavy (non-hydrogen) atoms. The number of aromatic nitrogens is 2. The van der Waals surface area contributed by atoms with E-state index in [-0.39, 0.29) is 0 Å². The number of nitrogens with zero attached hydrogens (tertiary/aromatic N) is 2. The van der Waals surface area contributed by atoms with E-state index in [4.69, 9.17) is 11.6 Å². The van der Waals surface area contributed by atoms with Gasteiger partial charge in [-0.1, -0.05) is 53.8 Å². The molecule has 2 nitrogen and oxygen atoms in total. The summed E-state index contributed by atoms with van der Waals surface area (Å²) in [5.74, 6) is 0.419. The van der Waals surface area contributed by atoms with Gasteiger partial charge in [0, 0.05) is 5.56 Å². The van der Waals surface area contributed by atoms with Gasteiger partial charge in [-0.15, -0.1) is 21.8 Å². The SMILES string of the molecule is ClCc1nnc(-c2cccc3ccccc23)s1. The van der Waals surface area contributed by atoms with E-state index in [1.54, 1.807) is 11.3 Å². The molecule has 0 N–H and O–H groups in total. The maximum Gasteiger partial charge on any atom is 0.148 e. The van der Waals surface area contributed by atoms with Crippen molar-refractivity contribution in [2.24, 2.45) is 0 Å². The van der Waals surface area contributed by atoms with Gasteiger partial charge in [-0.05, 0) is 10.8 Å². The predicted octanol–water partition coefficient (Wildman–Crippen LogP) is 4.10. The number of halogens is 1. The summed E-state index contributed by atoms with van der Waals surface area (Å²) in [5, 5.41) is 12.4. The molecule has 3 aromatic rings. The van der Waals surface area contributed by atoms with Crippen LogP contribution in [0.15, 0.2) is 42.5 Å². The van der Waals surface area contributed by atoms with Crippen LogP contribution in [0.25, 0.3) is 21.3 Å². The summed E-state index contributed by atoms with van der Waals surface area (Å²) >= 11 is 7.30. The largest absolute Gasteiger partial charge is 0.148 e. The molecule has 4 heteroatoms. The van der Waals surface area contributed by atoms with Gasteiger partial charge in [-0.3, -0.25) is 0 Å². The van der Waals surface area contributed by atoms with Gasteiger partial charge in [0.25, 0.3) is 0 Å². The molecule has 3 rings (SSSR count). The Morgan fingerprint density at radius 3 is 2.65 bits per heavy atom. The van der Waals surface area contributed by atoms with Crippen LogP contribution in [0.5, 0.6) is 0 Å². The van der Waals surface area contributed by atoms with Gasteiger partial charge in [0.1, 0.15) is 10.0 Å². The molecule has 0 aliphatic carbocycles. The minimum absolute atomic E-state index is 0.419. The topological polar surface area (TPSA) is 25.8 Å². The Labute approximate surface area is 108 Å². The molecule has 0 fully saturated rings. The molecule has 0 atom stereocenters. The quantitative estimate of drug-likeness (QED) is 0.649. The maximum atomic E-state index is 5.75. The minimum atomic E-state index is 0.419. The van der Waals surface area contributed by atoms with Crippen molar-refractivity contribution in [1.29, 1.82) is 0 Å². The Hall–Kier alpha value is -1.45. The third kappa shape index (κ3) is 1.92. The molecule has 0 aliphatic heterocycles. The maximum absolute atomic E-state index is 5.75. The fourth-order valence-electron chi connectivity index (χ4n) is 1.83. The summed E-state index contributed by atoms with van der Waals surface area (Å²) in [5.41, 5.74) is 1.12. The standard InChI is InChI=1S/C13H9ClN2S/c14-8-12-15-16-13(17-12)11-7-3-5-9-4-1-2-6-10(9)11/h1-7H,8H2. The Bertz CT molecular complexity index is 658. The summed E-state index contributed by atoms with van der Waals surface area (Å²) in [6.07, 6.45) is 0. The van der Waals surface area contributed by atoms with Gasteiger partial charge in [0.15, 0.2) is 0 Å². The van der Waals surface area contributed by atoms with Gasteiger partial charge in [-0.25, -0.2) is 0 Å². The summed E-state index contributed by atoms with van der Waals surface area (Å²) in [6, 6.07) is 14.5. The molecule has 0 aliphatic rings. The Balaban J connectivity index is 2.23. The van der Waals surface area contributed by atoms with Crippen molar-refractivity contribution in [3.8, 4) is 10.6 Å². The lowest BCUT2D eigenvalue weighted by Gasteiger charge is -2.02. The zero-order valence-electron chi connectivity index (χ0n) is 8.93. The third-order valence-corrected chi connectivity index (χ3v) is 3.97. The highest BCUT2D eigenvalue weighted by Gasteiger charge is 2.08. The summed E-state index contributed by atoms with van der Waals surface area (Å²) in [7, 11) is 0. The number of rotatable bonds is 2. The lowest BCUT2D eigenvalue weighted by atomic mass is 10.1. The predicted molar refractivity (Wildman–Crippen MR) is 72.4 cm³/mol. The van der Waals surface area contributed by atoms with Crippen molar-refractivity contribution in [3.05, 3.63) is 47.5 Å². The average Bonchev–Trinajstić information content (AvgIpc) is 2.87. The first-order chi connectivity index (χ1) is 8.38. The van der Waals surface area contributed by atoms with Crippen LogP contribution in [-0.4, -0.2) is 10.2 Å². The fraction of sp³-hybridized carbons (Fsp3) is 0.0769.